The van der Waals surface area contributed by atoms with Crippen LogP contribution in [0.2, 0.25) is 0 Å². The van der Waals surface area contributed by atoms with Crippen LogP contribution < -0.4 is 4.74 Å². The number of benzene rings is 2. The van der Waals surface area contributed by atoms with Gasteiger partial charge in [0.15, 0.2) is 11.6 Å². The standard InChI is InChI=1S/C19H21F2NO2/c20-17-4-2-1-3-15(17)11-14-7-8-22(13-14)9-10-24-16-5-6-19(23)18(21)12-16/h1-6,12,14,23H,7-11,13H2. The van der Waals surface area contributed by atoms with Crippen LogP contribution in [0.5, 0.6) is 11.5 Å². The molecule has 0 radical (unpaired) electrons. The highest BCUT2D eigenvalue weighted by Crippen LogP contribution is 2.23. The summed E-state index contributed by atoms with van der Waals surface area (Å²) >= 11 is 0. The first-order valence-corrected chi connectivity index (χ1v) is 8.19. The van der Waals surface area contributed by atoms with E-state index in [2.05, 4.69) is 4.90 Å². The molecule has 2 aromatic carbocycles. The molecule has 3 rings (SSSR count). The molecule has 1 fully saturated rings. The second kappa shape index (κ2) is 7.62. The monoisotopic (exact) mass is 333 g/mol. The maximum Gasteiger partial charge on any atom is 0.168 e. The van der Waals surface area contributed by atoms with E-state index in [4.69, 9.17) is 9.84 Å². The fraction of sp³-hybridized carbons (Fsp3) is 0.368. The number of halogens is 2. The number of ether oxygens (including phenoxy) is 1. The Balaban J connectivity index is 1.43. The summed E-state index contributed by atoms with van der Waals surface area (Å²) in [5.41, 5.74) is 0.778. The first-order valence-electron chi connectivity index (χ1n) is 8.19. The van der Waals surface area contributed by atoms with Crippen molar-refractivity contribution >= 4 is 0 Å². The molecule has 1 unspecified atom stereocenters. The average Bonchev–Trinajstić information content (AvgIpc) is 3.00. The molecule has 0 spiro atoms. The molecule has 0 aromatic heterocycles. The maximum absolute atomic E-state index is 13.7. The quantitative estimate of drug-likeness (QED) is 0.876. The van der Waals surface area contributed by atoms with Crippen molar-refractivity contribution < 1.29 is 18.6 Å². The molecule has 1 atom stereocenters. The molecule has 1 aliphatic rings. The van der Waals surface area contributed by atoms with Crippen molar-refractivity contribution in [2.24, 2.45) is 5.92 Å². The number of hydrogen-bond acceptors (Lipinski definition) is 3. The lowest BCUT2D eigenvalue weighted by atomic mass is 9.98. The van der Waals surface area contributed by atoms with Crippen LogP contribution in [0.15, 0.2) is 42.5 Å². The summed E-state index contributed by atoms with van der Waals surface area (Å²) in [5.74, 6) is -0.328. The number of rotatable bonds is 6. The van der Waals surface area contributed by atoms with Gasteiger partial charge in [0.1, 0.15) is 18.2 Å². The zero-order valence-electron chi connectivity index (χ0n) is 13.4. The highest BCUT2D eigenvalue weighted by Gasteiger charge is 2.23. The first-order chi connectivity index (χ1) is 11.6. The van der Waals surface area contributed by atoms with E-state index in [0.717, 1.165) is 38.0 Å². The Morgan fingerprint density at radius 2 is 1.96 bits per heavy atom. The molecule has 1 saturated heterocycles. The lowest BCUT2D eigenvalue weighted by Gasteiger charge is -2.16. The third kappa shape index (κ3) is 4.23. The van der Waals surface area contributed by atoms with E-state index in [-0.39, 0.29) is 11.6 Å². The number of phenolic OH excluding ortho intramolecular Hbond substituents is 1. The van der Waals surface area contributed by atoms with Crippen LogP contribution in [0, 0.1) is 17.6 Å². The predicted molar refractivity (Wildman–Crippen MR) is 88.2 cm³/mol. The van der Waals surface area contributed by atoms with E-state index >= 15 is 0 Å². The Morgan fingerprint density at radius 3 is 2.75 bits per heavy atom. The van der Waals surface area contributed by atoms with Crippen LogP contribution in [0.4, 0.5) is 8.78 Å². The molecule has 1 aliphatic heterocycles. The van der Waals surface area contributed by atoms with Crippen LogP contribution >= 0.6 is 0 Å². The molecule has 5 heteroatoms. The summed E-state index contributed by atoms with van der Waals surface area (Å²) in [6.07, 6.45) is 1.80. The summed E-state index contributed by atoms with van der Waals surface area (Å²) < 4.78 is 32.5. The Kier molecular flexibility index (Phi) is 5.30. The van der Waals surface area contributed by atoms with Crippen LogP contribution in [0.1, 0.15) is 12.0 Å². The van der Waals surface area contributed by atoms with Gasteiger partial charge in [-0.1, -0.05) is 18.2 Å². The minimum Gasteiger partial charge on any atom is -0.505 e. The van der Waals surface area contributed by atoms with Gasteiger partial charge in [0.2, 0.25) is 0 Å². The Morgan fingerprint density at radius 1 is 1.12 bits per heavy atom. The summed E-state index contributed by atoms with van der Waals surface area (Å²) in [6, 6.07) is 10.9. The molecule has 0 bridgehead atoms. The lowest BCUT2D eigenvalue weighted by Crippen LogP contribution is -2.26. The maximum atomic E-state index is 13.7. The summed E-state index contributed by atoms with van der Waals surface area (Å²) in [7, 11) is 0. The molecular weight excluding hydrogens is 312 g/mol. The lowest BCUT2D eigenvalue weighted by molar-refractivity contribution is 0.231. The van der Waals surface area contributed by atoms with Gasteiger partial charge in [0.05, 0.1) is 0 Å². The van der Waals surface area contributed by atoms with Crippen molar-refractivity contribution in [2.75, 3.05) is 26.2 Å². The molecule has 1 heterocycles. The van der Waals surface area contributed by atoms with Crippen molar-refractivity contribution in [2.45, 2.75) is 12.8 Å². The largest absolute Gasteiger partial charge is 0.505 e. The van der Waals surface area contributed by atoms with Gasteiger partial charge < -0.3 is 9.84 Å². The highest BCUT2D eigenvalue weighted by molar-refractivity contribution is 5.31. The smallest absolute Gasteiger partial charge is 0.168 e. The van der Waals surface area contributed by atoms with E-state index in [1.54, 1.807) is 12.1 Å². The van der Waals surface area contributed by atoms with E-state index in [1.165, 1.54) is 18.2 Å². The Bertz CT molecular complexity index is 693. The van der Waals surface area contributed by atoms with Crippen LogP contribution in [0.3, 0.4) is 0 Å². The Hall–Kier alpha value is -2.14. The van der Waals surface area contributed by atoms with E-state index in [1.807, 2.05) is 12.1 Å². The molecule has 24 heavy (non-hydrogen) atoms. The van der Waals surface area contributed by atoms with Crippen molar-refractivity contribution in [3.05, 3.63) is 59.7 Å². The molecule has 0 amide bonds. The van der Waals surface area contributed by atoms with Crippen molar-refractivity contribution in [3.63, 3.8) is 0 Å². The van der Waals surface area contributed by atoms with E-state index in [9.17, 15) is 8.78 Å². The predicted octanol–water partition coefficient (Wildman–Crippen LogP) is 3.61. The molecule has 128 valence electrons. The number of aromatic hydroxyl groups is 1. The van der Waals surface area contributed by atoms with Gasteiger partial charge >= 0.3 is 0 Å². The van der Waals surface area contributed by atoms with Gasteiger partial charge in [-0.05, 0) is 49.1 Å². The summed E-state index contributed by atoms with van der Waals surface area (Å²) in [6.45, 7) is 3.08. The second-order valence-corrected chi connectivity index (χ2v) is 6.21. The van der Waals surface area contributed by atoms with E-state index in [0.29, 0.717) is 18.3 Å². The SMILES string of the molecule is Oc1ccc(OCCN2CCC(Cc3ccccc3F)C2)cc1F. The topological polar surface area (TPSA) is 32.7 Å². The molecule has 0 aliphatic carbocycles. The third-order valence-electron chi connectivity index (χ3n) is 4.43. The minimum absolute atomic E-state index is 0.131. The Labute approximate surface area is 140 Å². The van der Waals surface area contributed by atoms with Crippen molar-refractivity contribution in [1.82, 2.24) is 4.90 Å². The summed E-state index contributed by atoms with van der Waals surface area (Å²) in [4.78, 5) is 2.28. The molecular formula is C19H21F2NO2. The molecule has 0 saturated carbocycles. The summed E-state index contributed by atoms with van der Waals surface area (Å²) in [5, 5.41) is 9.15. The number of likely N-dealkylation sites (tertiary alicyclic amines) is 1. The molecule has 1 N–H and O–H groups in total. The van der Waals surface area contributed by atoms with Crippen molar-refractivity contribution in [3.8, 4) is 11.5 Å². The fourth-order valence-corrected chi connectivity index (χ4v) is 3.13. The van der Waals surface area contributed by atoms with Gasteiger partial charge in [-0.3, -0.25) is 4.90 Å². The van der Waals surface area contributed by atoms with Gasteiger partial charge in [0.25, 0.3) is 0 Å². The average molecular weight is 333 g/mol. The van der Waals surface area contributed by atoms with Gasteiger partial charge in [-0.2, -0.15) is 0 Å². The molecule has 2 aromatic rings. The molecule has 3 nitrogen and oxygen atoms in total. The van der Waals surface area contributed by atoms with Gasteiger partial charge in [-0.15, -0.1) is 0 Å². The first kappa shape index (κ1) is 16.7. The number of phenols is 1. The van der Waals surface area contributed by atoms with E-state index < -0.39 is 5.82 Å². The highest BCUT2D eigenvalue weighted by atomic mass is 19.1. The zero-order chi connectivity index (χ0) is 16.9. The van der Waals surface area contributed by atoms with Crippen LogP contribution in [-0.4, -0.2) is 36.2 Å². The number of hydrogen-bond donors (Lipinski definition) is 1. The minimum atomic E-state index is -0.682. The fourth-order valence-electron chi connectivity index (χ4n) is 3.13. The second-order valence-electron chi connectivity index (χ2n) is 6.21. The third-order valence-corrected chi connectivity index (χ3v) is 4.43. The van der Waals surface area contributed by atoms with Gasteiger partial charge in [-0.25, -0.2) is 8.78 Å². The normalized spacial score (nSPS) is 18.0. The number of nitrogens with zero attached hydrogens (tertiary/aromatic N) is 1. The van der Waals surface area contributed by atoms with Crippen LogP contribution in [0.25, 0.3) is 0 Å². The zero-order valence-corrected chi connectivity index (χ0v) is 13.4. The van der Waals surface area contributed by atoms with Crippen molar-refractivity contribution in [1.29, 1.82) is 0 Å². The van der Waals surface area contributed by atoms with Gasteiger partial charge in [0, 0.05) is 19.2 Å². The van der Waals surface area contributed by atoms with Crippen LogP contribution in [-0.2, 0) is 6.42 Å².